The minimum Gasteiger partial charge on any atom is -0.359 e. The molecule has 1 N–H and O–H groups in total. The zero-order valence-electron chi connectivity index (χ0n) is 15.8. The molecule has 4 nitrogen and oxygen atoms in total. The van der Waals surface area contributed by atoms with Crippen LogP contribution >= 0.6 is 0 Å². The summed E-state index contributed by atoms with van der Waals surface area (Å²) in [6.45, 7) is 1.55. The van der Waals surface area contributed by atoms with E-state index in [1.54, 1.807) is 7.05 Å². The normalized spacial score (nSPS) is 20.3. The zero-order valence-corrected chi connectivity index (χ0v) is 15.8. The van der Waals surface area contributed by atoms with E-state index in [4.69, 9.17) is 0 Å². The largest absolute Gasteiger partial charge is 0.359 e. The van der Waals surface area contributed by atoms with Gasteiger partial charge < -0.3 is 10.2 Å². The molecule has 2 amide bonds. The van der Waals surface area contributed by atoms with Crippen molar-refractivity contribution in [3.8, 4) is 0 Å². The van der Waals surface area contributed by atoms with Gasteiger partial charge in [-0.05, 0) is 53.9 Å². The molecule has 1 fully saturated rings. The number of nitrogens with zero attached hydrogens (tertiary/aromatic N) is 1. The predicted molar refractivity (Wildman–Crippen MR) is 106 cm³/mol. The number of hydrogen-bond acceptors (Lipinski definition) is 2. The molecule has 2 aromatic carbocycles. The average Bonchev–Trinajstić information content (AvgIpc) is 3.02. The number of carbonyl (C=O) groups is 2. The number of amides is 2. The Balaban J connectivity index is 1.52. The Morgan fingerprint density at radius 3 is 2.41 bits per heavy atom. The first-order valence-electron chi connectivity index (χ1n) is 9.77. The second-order valence-electron chi connectivity index (χ2n) is 7.80. The zero-order chi connectivity index (χ0) is 18.9. The van der Waals surface area contributed by atoms with Crippen LogP contribution in [0.1, 0.15) is 53.1 Å². The van der Waals surface area contributed by atoms with Gasteiger partial charge in [-0.25, -0.2) is 0 Å². The van der Waals surface area contributed by atoms with E-state index in [2.05, 4.69) is 29.6 Å². The van der Waals surface area contributed by atoms with Crippen LogP contribution in [0.5, 0.6) is 0 Å². The maximum atomic E-state index is 12.8. The number of nitrogens with one attached hydrogen (secondary N) is 1. The van der Waals surface area contributed by atoms with Gasteiger partial charge in [0, 0.05) is 32.1 Å². The van der Waals surface area contributed by atoms with Crippen molar-refractivity contribution in [2.24, 2.45) is 0 Å². The monoisotopic (exact) mass is 362 g/mol. The maximum absolute atomic E-state index is 12.8. The van der Waals surface area contributed by atoms with E-state index in [-0.39, 0.29) is 23.1 Å². The van der Waals surface area contributed by atoms with E-state index in [0.29, 0.717) is 6.42 Å². The lowest BCUT2D eigenvalue weighted by atomic mass is 9.73. The molecule has 1 aliphatic heterocycles. The highest BCUT2D eigenvalue weighted by Gasteiger charge is 2.46. The van der Waals surface area contributed by atoms with Crippen LogP contribution in [-0.4, -0.2) is 36.9 Å². The molecule has 0 radical (unpaired) electrons. The van der Waals surface area contributed by atoms with Gasteiger partial charge in [0.1, 0.15) is 0 Å². The molecule has 1 atom stereocenters. The first-order chi connectivity index (χ1) is 13.1. The molecule has 4 heteroatoms. The molecule has 27 heavy (non-hydrogen) atoms. The van der Waals surface area contributed by atoms with E-state index >= 15 is 0 Å². The van der Waals surface area contributed by atoms with E-state index < -0.39 is 0 Å². The Bertz CT molecular complexity index is 838. The fraction of sp³-hybridized carbons (Fsp3) is 0.391. The summed E-state index contributed by atoms with van der Waals surface area (Å²) in [5.41, 5.74) is 3.58. The van der Waals surface area contributed by atoms with E-state index in [0.717, 1.165) is 37.9 Å². The second kappa shape index (κ2) is 7.18. The molecule has 0 bridgehead atoms. The third-order valence-electron chi connectivity index (χ3n) is 6.35. The number of benzene rings is 2. The molecular weight excluding hydrogens is 336 g/mol. The third-order valence-corrected chi connectivity index (χ3v) is 6.35. The van der Waals surface area contributed by atoms with Gasteiger partial charge in [-0.2, -0.15) is 0 Å². The lowest BCUT2D eigenvalue weighted by Gasteiger charge is -2.40. The lowest BCUT2D eigenvalue weighted by molar-refractivity contribution is -0.121. The Kier molecular flexibility index (Phi) is 4.73. The molecule has 1 unspecified atom stereocenters. The molecule has 1 spiro atoms. The molecule has 1 saturated heterocycles. The number of piperidine rings is 1. The standard InChI is InChI=1S/C23H26N2O2/c1-24-21(26)15-18-16-23(20-10-6-5-9-19(18)20)11-13-25(14-12-23)22(27)17-7-3-2-4-8-17/h2-10,18H,11-16H2,1H3,(H,24,26). The van der Waals surface area contributed by atoms with Crippen LogP contribution in [0, 0.1) is 0 Å². The highest BCUT2D eigenvalue weighted by Crippen LogP contribution is 2.52. The highest BCUT2D eigenvalue weighted by atomic mass is 16.2. The third kappa shape index (κ3) is 3.25. The van der Waals surface area contributed by atoms with Crippen LogP contribution in [0.2, 0.25) is 0 Å². The van der Waals surface area contributed by atoms with E-state index in [9.17, 15) is 9.59 Å². The average molecular weight is 362 g/mol. The van der Waals surface area contributed by atoms with Gasteiger partial charge >= 0.3 is 0 Å². The van der Waals surface area contributed by atoms with Crippen molar-refractivity contribution in [2.75, 3.05) is 20.1 Å². The molecule has 1 heterocycles. The van der Waals surface area contributed by atoms with Crippen LogP contribution in [-0.2, 0) is 10.2 Å². The van der Waals surface area contributed by atoms with Crippen molar-refractivity contribution in [1.29, 1.82) is 0 Å². The summed E-state index contributed by atoms with van der Waals surface area (Å²) in [6, 6.07) is 18.1. The number of rotatable bonds is 3. The van der Waals surface area contributed by atoms with Crippen molar-refractivity contribution < 1.29 is 9.59 Å². The van der Waals surface area contributed by atoms with Crippen LogP contribution in [0.25, 0.3) is 0 Å². The first kappa shape index (κ1) is 17.8. The van der Waals surface area contributed by atoms with Crippen molar-refractivity contribution in [3.63, 3.8) is 0 Å². The Hall–Kier alpha value is -2.62. The van der Waals surface area contributed by atoms with Crippen molar-refractivity contribution >= 4 is 11.8 Å². The van der Waals surface area contributed by atoms with Gasteiger partial charge in [0.25, 0.3) is 5.91 Å². The first-order valence-corrected chi connectivity index (χ1v) is 9.77. The highest BCUT2D eigenvalue weighted by molar-refractivity contribution is 5.94. The predicted octanol–water partition coefficient (Wildman–Crippen LogP) is 3.48. The van der Waals surface area contributed by atoms with E-state index in [1.807, 2.05) is 35.2 Å². The summed E-state index contributed by atoms with van der Waals surface area (Å²) in [6.07, 6.45) is 3.48. The van der Waals surface area contributed by atoms with Crippen LogP contribution < -0.4 is 5.32 Å². The van der Waals surface area contributed by atoms with Gasteiger partial charge in [0.05, 0.1) is 0 Å². The van der Waals surface area contributed by atoms with Gasteiger partial charge in [-0.3, -0.25) is 9.59 Å². The smallest absolute Gasteiger partial charge is 0.253 e. The fourth-order valence-corrected chi connectivity index (χ4v) is 4.91. The van der Waals surface area contributed by atoms with Crippen LogP contribution in [0.15, 0.2) is 54.6 Å². The number of hydrogen-bond donors (Lipinski definition) is 1. The van der Waals surface area contributed by atoms with Crippen molar-refractivity contribution in [3.05, 3.63) is 71.3 Å². The number of likely N-dealkylation sites (tertiary alicyclic amines) is 1. The van der Waals surface area contributed by atoms with Gasteiger partial charge in [-0.15, -0.1) is 0 Å². The molecule has 2 aromatic rings. The SMILES string of the molecule is CNC(=O)CC1CC2(CCN(C(=O)c3ccccc3)CC2)c2ccccc21. The van der Waals surface area contributed by atoms with Crippen molar-refractivity contribution in [1.82, 2.24) is 10.2 Å². The quantitative estimate of drug-likeness (QED) is 0.909. The number of fused-ring (bicyclic) bond motifs is 2. The minimum absolute atomic E-state index is 0.0999. The Morgan fingerprint density at radius 2 is 1.70 bits per heavy atom. The summed E-state index contributed by atoms with van der Waals surface area (Å²) >= 11 is 0. The summed E-state index contributed by atoms with van der Waals surface area (Å²) in [7, 11) is 1.70. The van der Waals surface area contributed by atoms with Crippen LogP contribution in [0.4, 0.5) is 0 Å². The van der Waals surface area contributed by atoms with Crippen LogP contribution in [0.3, 0.4) is 0 Å². The summed E-state index contributed by atoms with van der Waals surface area (Å²) < 4.78 is 0. The van der Waals surface area contributed by atoms with Gasteiger partial charge in [0.15, 0.2) is 0 Å². The Labute approximate surface area is 160 Å². The minimum atomic E-state index is 0.0999. The molecule has 0 aromatic heterocycles. The molecule has 0 saturated carbocycles. The summed E-state index contributed by atoms with van der Waals surface area (Å²) in [5.74, 6) is 0.500. The van der Waals surface area contributed by atoms with Gasteiger partial charge in [-0.1, -0.05) is 42.5 Å². The summed E-state index contributed by atoms with van der Waals surface area (Å²) in [4.78, 5) is 26.7. The maximum Gasteiger partial charge on any atom is 0.253 e. The molecule has 2 aliphatic rings. The molecule has 4 rings (SSSR count). The molecule has 1 aliphatic carbocycles. The topological polar surface area (TPSA) is 49.4 Å². The lowest BCUT2D eigenvalue weighted by Crippen LogP contribution is -2.44. The second-order valence-corrected chi connectivity index (χ2v) is 7.80. The number of carbonyl (C=O) groups excluding carboxylic acids is 2. The van der Waals surface area contributed by atoms with Gasteiger partial charge in [0.2, 0.25) is 5.91 Å². The fourth-order valence-electron chi connectivity index (χ4n) is 4.91. The molecule has 140 valence electrons. The van der Waals surface area contributed by atoms with E-state index in [1.165, 1.54) is 11.1 Å². The summed E-state index contributed by atoms with van der Waals surface area (Å²) in [5, 5.41) is 2.76. The molecular formula is C23H26N2O2. The Morgan fingerprint density at radius 1 is 1.04 bits per heavy atom. The van der Waals surface area contributed by atoms with Crippen molar-refractivity contribution in [2.45, 2.75) is 37.0 Å².